The first-order valence-electron chi connectivity index (χ1n) is 8.93. The van der Waals surface area contributed by atoms with E-state index in [2.05, 4.69) is 5.32 Å². The van der Waals surface area contributed by atoms with Crippen LogP contribution in [-0.4, -0.2) is 33.8 Å². The first-order chi connectivity index (χ1) is 13.1. The van der Waals surface area contributed by atoms with E-state index in [4.69, 9.17) is 18.9 Å². The Balaban J connectivity index is 2.01. The van der Waals surface area contributed by atoms with Gasteiger partial charge in [0.1, 0.15) is 5.75 Å². The van der Waals surface area contributed by atoms with Crippen molar-refractivity contribution in [2.75, 3.05) is 33.3 Å². The van der Waals surface area contributed by atoms with Gasteiger partial charge in [0.15, 0.2) is 11.5 Å². The summed E-state index contributed by atoms with van der Waals surface area (Å²) in [6.07, 6.45) is 1.76. The van der Waals surface area contributed by atoms with Crippen molar-refractivity contribution in [1.29, 1.82) is 0 Å². The number of amides is 1. The number of rotatable bonds is 10. The lowest BCUT2D eigenvalue weighted by Crippen LogP contribution is -2.13. The van der Waals surface area contributed by atoms with E-state index < -0.39 is 0 Å². The van der Waals surface area contributed by atoms with Gasteiger partial charge < -0.3 is 24.3 Å². The molecule has 0 aromatic heterocycles. The zero-order chi connectivity index (χ0) is 19.6. The van der Waals surface area contributed by atoms with Gasteiger partial charge in [0, 0.05) is 18.2 Å². The maximum Gasteiger partial charge on any atom is 0.224 e. The standard InChI is InChI=1S/C21H27NO5/c1-5-13-27-17-8-6-7-16(14-17)22-19(23)12-10-15-9-11-18(24-2)21(26-4)20(15)25-3/h6-9,11,14H,5,10,12-13H2,1-4H3,(H,22,23). The topological polar surface area (TPSA) is 66.0 Å². The Morgan fingerprint density at radius 2 is 1.78 bits per heavy atom. The first-order valence-corrected chi connectivity index (χ1v) is 8.93. The maximum atomic E-state index is 12.3. The third-order valence-electron chi connectivity index (χ3n) is 4.00. The van der Waals surface area contributed by atoms with Crippen LogP contribution in [0.5, 0.6) is 23.0 Å². The maximum absolute atomic E-state index is 12.3. The van der Waals surface area contributed by atoms with E-state index in [1.54, 1.807) is 21.3 Å². The van der Waals surface area contributed by atoms with Crippen LogP contribution in [0.25, 0.3) is 0 Å². The van der Waals surface area contributed by atoms with Crippen LogP contribution in [0.3, 0.4) is 0 Å². The molecule has 1 N–H and O–H groups in total. The van der Waals surface area contributed by atoms with E-state index in [1.165, 1.54) is 0 Å². The molecule has 27 heavy (non-hydrogen) atoms. The Hall–Kier alpha value is -2.89. The Kier molecular flexibility index (Phi) is 7.79. The Morgan fingerprint density at radius 1 is 1.00 bits per heavy atom. The fourth-order valence-corrected chi connectivity index (χ4v) is 2.72. The van der Waals surface area contributed by atoms with Crippen LogP contribution in [0, 0.1) is 0 Å². The molecule has 0 bridgehead atoms. The molecule has 6 nitrogen and oxygen atoms in total. The summed E-state index contributed by atoms with van der Waals surface area (Å²) in [5, 5.41) is 2.90. The molecule has 0 aliphatic rings. The fourth-order valence-electron chi connectivity index (χ4n) is 2.72. The zero-order valence-corrected chi connectivity index (χ0v) is 16.3. The van der Waals surface area contributed by atoms with Crippen LogP contribution in [0.4, 0.5) is 5.69 Å². The van der Waals surface area contributed by atoms with Crippen LogP contribution in [0.1, 0.15) is 25.3 Å². The number of ether oxygens (including phenoxy) is 4. The largest absolute Gasteiger partial charge is 0.494 e. The van der Waals surface area contributed by atoms with Crippen LogP contribution < -0.4 is 24.3 Å². The highest BCUT2D eigenvalue weighted by atomic mass is 16.5. The lowest BCUT2D eigenvalue weighted by Gasteiger charge is -2.15. The molecule has 0 radical (unpaired) electrons. The van der Waals surface area contributed by atoms with Crippen molar-refractivity contribution in [3.8, 4) is 23.0 Å². The number of aryl methyl sites for hydroxylation is 1. The van der Waals surface area contributed by atoms with Gasteiger partial charge in [0.2, 0.25) is 11.7 Å². The number of hydrogen-bond donors (Lipinski definition) is 1. The second-order valence-electron chi connectivity index (χ2n) is 5.92. The minimum atomic E-state index is -0.0838. The molecule has 0 spiro atoms. The average Bonchev–Trinajstić information content (AvgIpc) is 2.69. The molecule has 1 amide bonds. The molecule has 2 aromatic carbocycles. The Labute approximate surface area is 160 Å². The summed E-state index contributed by atoms with van der Waals surface area (Å²) in [4.78, 5) is 12.3. The number of hydrogen-bond acceptors (Lipinski definition) is 5. The van der Waals surface area contributed by atoms with Gasteiger partial charge in [0.05, 0.1) is 27.9 Å². The van der Waals surface area contributed by atoms with Gasteiger partial charge >= 0.3 is 0 Å². The molecule has 0 heterocycles. The molecule has 0 aliphatic heterocycles. The predicted octanol–water partition coefficient (Wildman–Crippen LogP) is 4.07. The average molecular weight is 373 g/mol. The van der Waals surface area contributed by atoms with Crippen molar-refractivity contribution in [2.24, 2.45) is 0 Å². The minimum Gasteiger partial charge on any atom is -0.494 e. The van der Waals surface area contributed by atoms with E-state index >= 15 is 0 Å². The summed E-state index contributed by atoms with van der Waals surface area (Å²) < 4.78 is 21.7. The van der Waals surface area contributed by atoms with Gasteiger partial charge in [-0.2, -0.15) is 0 Å². The third-order valence-corrected chi connectivity index (χ3v) is 4.00. The van der Waals surface area contributed by atoms with Crippen molar-refractivity contribution in [3.05, 3.63) is 42.0 Å². The molecule has 0 saturated heterocycles. The van der Waals surface area contributed by atoms with Gasteiger partial charge in [-0.25, -0.2) is 0 Å². The van der Waals surface area contributed by atoms with Crippen LogP contribution in [0.15, 0.2) is 36.4 Å². The second-order valence-corrected chi connectivity index (χ2v) is 5.92. The second kappa shape index (κ2) is 10.3. The number of carbonyl (C=O) groups excluding carboxylic acids is 1. The smallest absolute Gasteiger partial charge is 0.224 e. The van der Waals surface area contributed by atoms with Crippen LogP contribution in [0.2, 0.25) is 0 Å². The third kappa shape index (κ3) is 5.54. The first kappa shape index (κ1) is 20.4. The van der Waals surface area contributed by atoms with Gasteiger partial charge in [-0.1, -0.05) is 19.1 Å². The molecule has 2 aromatic rings. The zero-order valence-electron chi connectivity index (χ0n) is 16.3. The molecular weight excluding hydrogens is 346 g/mol. The van der Waals surface area contributed by atoms with Crippen molar-refractivity contribution in [2.45, 2.75) is 26.2 Å². The van der Waals surface area contributed by atoms with Crippen molar-refractivity contribution < 1.29 is 23.7 Å². The van der Waals surface area contributed by atoms with Gasteiger partial charge in [0.25, 0.3) is 0 Å². The number of methoxy groups -OCH3 is 3. The SMILES string of the molecule is CCCOc1cccc(NC(=O)CCc2ccc(OC)c(OC)c2OC)c1. The highest BCUT2D eigenvalue weighted by Crippen LogP contribution is 2.40. The minimum absolute atomic E-state index is 0.0838. The number of carbonyl (C=O) groups is 1. The van der Waals surface area contributed by atoms with Crippen molar-refractivity contribution in [3.63, 3.8) is 0 Å². The molecule has 0 unspecified atom stereocenters. The normalized spacial score (nSPS) is 10.2. The number of nitrogens with one attached hydrogen (secondary N) is 1. The molecule has 0 aliphatic carbocycles. The highest BCUT2D eigenvalue weighted by Gasteiger charge is 2.16. The summed E-state index contributed by atoms with van der Waals surface area (Å²) in [7, 11) is 4.70. The summed E-state index contributed by atoms with van der Waals surface area (Å²) in [5.41, 5.74) is 1.60. The van der Waals surface area contributed by atoms with E-state index in [0.717, 1.165) is 17.7 Å². The van der Waals surface area contributed by atoms with Crippen molar-refractivity contribution in [1.82, 2.24) is 0 Å². The monoisotopic (exact) mass is 373 g/mol. The lowest BCUT2D eigenvalue weighted by atomic mass is 10.1. The van der Waals surface area contributed by atoms with Gasteiger partial charge in [-0.3, -0.25) is 4.79 Å². The Bertz CT molecular complexity index is 760. The fraction of sp³-hybridized carbons (Fsp3) is 0.381. The van der Waals surface area contributed by atoms with Crippen LogP contribution >= 0.6 is 0 Å². The predicted molar refractivity (Wildman–Crippen MR) is 105 cm³/mol. The van der Waals surface area contributed by atoms with E-state index in [1.807, 2.05) is 43.3 Å². The summed E-state index contributed by atoms with van der Waals surface area (Å²) in [6.45, 7) is 2.70. The van der Waals surface area contributed by atoms with Crippen LogP contribution in [-0.2, 0) is 11.2 Å². The molecule has 0 fully saturated rings. The number of anilines is 1. The molecule has 6 heteroatoms. The van der Waals surface area contributed by atoms with Gasteiger partial charge in [-0.15, -0.1) is 0 Å². The van der Waals surface area contributed by atoms with Crippen molar-refractivity contribution >= 4 is 11.6 Å². The number of benzene rings is 2. The quantitative estimate of drug-likeness (QED) is 0.680. The molecule has 2 rings (SSSR count). The molecule has 146 valence electrons. The lowest BCUT2D eigenvalue weighted by molar-refractivity contribution is -0.116. The van der Waals surface area contributed by atoms with Gasteiger partial charge in [-0.05, 0) is 36.6 Å². The van der Waals surface area contributed by atoms with E-state index in [-0.39, 0.29) is 5.91 Å². The molecule has 0 atom stereocenters. The molecule has 0 saturated carbocycles. The summed E-state index contributed by atoms with van der Waals surface area (Å²) in [6, 6.07) is 11.1. The molecular formula is C21H27NO5. The Morgan fingerprint density at radius 3 is 2.44 bits per heavy atom. The van der Waals surface area contributed by atoms with E-state index in [0.29, 0.717) is 42.4 Å². The highest BCUT2D eigenvalue weighted by molar-refractivity contribution is 5.91. The summed E-state index contributed by atoms with van der Waals surface area (Å²) >= 11 is 0. The van der Waals surface area contributed by atoms with E-state index in [9.17, 15) is 4.79 Å². The summed E-state index contributed by atoms with van der Waals surface area (Å²) in [5.74, 6) is 2.36.